The number of carbonyl (C=O) groups is 3. The van der Waals surface area contributed by atoms with Crippen LogP contribution >= 0.6 is 12.6 Å². The van der Waals surface area contributed by atoms with Gasteiger partial charge in [0.15, 0.2) is 0 Å². The number of amides is 3. The van der Waals surface area contributed by atoms with Crippen LogP contribution in [0.4, 0.5) is 11.4 Å². The van der Waals surface area contributed by atoms with Crippen LogP contribution < -0.4 is 10.6 Å². The van der Waals surface area contributed by atoms with Gasteiger partial charge in [-0.25, -0.2) is 0 Å². The summed E-state index contributed by atoms with van der Waals surface area (Å²) in [5.74, 6) is -0.590. The maximum Gasteiger partial charge on any atom is 0.256 e. The molecule has 0 spiro atoms. The fraction of sp³-hybridized carbons (Fsp3) is 0.200. The SMILES string of the molecule is Cc1ccc2c(c1)NC(=O)[C@@H](Cc1ccccn1)N(Cc1ccc(NC(=O)CS)cc1)C2=O. The van der Waals surface area contributed by atoms with Gasteiger partial charge in [0.1, 0.15) is 6.04 Å². The number of thiol groups is 1. The lowest BCUT2D eigenvalue weighted by Crippen LogP contribution is -2.46. The highest BCUT2D eigenvalue weighted by Gasteiger charge is 2.35. The number of fused-ring (bicyclic) bond motifs is 1. The van der Waals surface area contributed by atoms with Gasteiger partial charge < -0.3 is 15.5 Å². The summed E-state index contributed by atoms with van der Waals surface area (Å²) in [5.41, 5.74) is 4.13. The van der Waals surface area contributed by atoms with Crippen LogP contribution in [-0.2, 0) is 22.6 Å². The summed E-state index contributed by atoms with van der Waals surface area (Å²) >= 11 is 3.96. The number of aryl methyl sites for hydroxylation is 1. The quantitative estimate of drug-likeness (QED) is 0.492. The normalized spacial score (nSPS) is 15.5. The van der Waals surface area contributed by atoms with E-state index in [1.807, 2.05) is 49.4 Å². The fourth-order valence-corrected chi connectivity index (χ4v) is 3.87. The van der Waals surface area contributed by atoms with Gasteiger partial charge in [-0.05, 0) is 54.4 Å². The van der Waals surface area contributed by atoms with Gasteiger partial charge >= 0.3 is 0 Å². The molecule has 0 fully saturated rings. The van der Waals surface area contributed by atoms with Gasteiger partial charge in [0.05, 0.1) is 17.0 Å². The predicted octanol–water partition coefficient (Wildman–Crippen LogP) is 3.46. The highest BCUT2D eigenvalue weighted by Crippen LogP contribution is 2.27. The van der Waals surface area contributed by atoms with Crippen molar-refractivity contribution in [3.05, 3.63) is 89.2 Å². The molecule has 2 heterocycles. The zero-order valence-corrected chi connectivity index (χ0v) is 19.0. The summed E-state index contributed by atoms with van der Waals surface area (Å²) in [7, 11) is 0. The third-order valence-electron chi connectivity index (χ3n) is 5.47. The Hall–Kier alpha value is -3.65. The molecule has 168 valence electrons. The second-order valence-electron chi connectivity index (χ2n) is 7.92. The molecule has 3 amide bonds. The molecule has 0 aliphatic carbocycles. The van der Waals surface area contributed by atoms with Gasteiger partial charge in [-0.2, -0.15) is 12.6 Å². The van der Waals surface area contributed by atoms with E-state index in [1.165, 1.54) is 0 Å². The Bertz CT molecular complexity index is 1180. The van der Waals surface area contributed by atoms with Crippen LogP contribution in [0.5, 0.6) is 0 Å². The summed E-state index contributed by atoms with van der Waals surface area (Å²) in [6, 6.07) is 17.4. The van der Waals surface area contributed by atoms with Crippen molar-refractivity contribution < 1.29 is 14.4 Å². The number of anilines is 2. The molecule has 1 atom stereocenters. The first-order chi connectivity index (χ1) is 15.9. The topological polar surface area (TPSA) is 91.4 Å². The van der Waals surface area contributed by atoms with E-state index in [0.717, 1.165) is 16.8 Å². The number of hydrogen-bond acceptors (Lipinski definition) is 5. The molecule has 0 bridgehead atoms. The number of rotatable bonds is 6. The number of benzene rings is 2. The van der Waals surface area contributed by atoms with E-state index in [2.05, 4.69) is 28.2 Å². The molecule has 0 radical (unpaired) electrons. The number of hydrogen-bond donors (Lipinski definition) is 3. The molecule has 0 saturated carbocycles. The summed E-state index contributed by atoms with van der Waals surface area (Å²) in [4.78, 5) is 44.4. The molecule has 1 aliphatic rings. The van der Waals surface area contributed by atoms with Gasteiger partial charge in [-0.15, -0.1) is 0 Å². The molecule has 2 aromatic carbocycles. The maximum absolute atomic E-state index is 13.6. The summed E-state index contributed by atoms with van der Waals surface area (Å²) in [5, 5.41) is 5.67. The number of pyridine rings is 1. The van der Waals surface area contributed by atoms with Crippen molar-refractivity contribution in [2.45, 2.75) is 25.9 Å². The fourth-order valence-electron chi connectivity index (χ4n) is 3.79. The third-order valence-corrected chi connectivity index (χ3v) is 5.75. The van der Waals surface area contributed by atoms with Gasteiger partial charge in [-0.3, -0.25) is 19.4 Å². The van der Waals surface area contributed by atoms with E-state index >= 15 is 0 Å². The standard InChI is InChI=1S/C25H24N4O3S/c1-16-5-10-20-21(12-16)28-24(31)22(13-19-4-2-3-11-26-19)29(25(20)32)14-17-6-8-18(9-7-17)27-23(30)15-33/h2-12,22,33H,13-15H2,1H3,(H,27,30)(H,28,31)/t22-/m1/s1. The molecule has 7 nitrogen and oxygen atoms in total. The molecular weight excluding hydrogens is 436 g/mol. The van der Waals surface area contributed by atoms with E-state index in [9.17, 15) is 14.4 Å². The van der Waals surface area contributed by atoms with E-state index in [4.69, 9.17) is 0 Å². The minimum absolute atomic E-state index is 0.0905. The lowest BCUT2D eigenvalue weighted by Gasteiger charge is -2.29. The molecule has 1 aliphatic heterocycles. The predicted molar refractivity (Wildman–Crippen MR) is 130 cm³/mol. The molecule has 0 unspecified atom stereocenters. The highest BCUT2D eigenvalue weighted by atomic mass is 32.1. The van der Waals surface area contributed by atoms with E-state index < -0.39 is 6.04 Å². The van der Waals surface area contributed by atoms with Crippen molar-refractivity contribution in [3.63, 3.8) is 0 Å². The van der Waals surface area contributed by atoms with Crippen molar-refractivity contribution in [1.29, 1.82) is 0 Å². The Morgan fingerprint density at radius 1 is 1.12 bits per heavy atom. The molecule has 1 aromatic heterocycles. The van der Waals surface area contributed by atoms with Gasteiger partial charge in [0.25, 0.3) is 5.91 Å². The van der Waals surface area contributed by atoms with Gasteiger partial charge in [0, 0.05) is 30.5 Å². The second kappa shape index (κ2) is 9.87. The van der Waals surface area contributed by atoms with E-state index in [0.29, 0.717) is 23.4 Å². The van der Waals surface area contributed by atoms with Crippen LogP contribution in [0.3, 0.4) is 0 Å². The minimum Gasteiger partial charge on any atom is -0.325 e. The molecule has 8 heteroatoms. The molecule has 0 saturated heterocycles. The summed E-state index contributed by atoms with van der Waals surface area (Å²) < 4.78 is 0. The zero-order valence-electron chi connectivity index (χ0n) is 18.1. The van der Waals surface area contributed by atoms with Crippen LogP contribution in [0, 0.1) is 6.92 Å². The van der Waals surface area contributed by atoms with Crippen LogP contribution in [0.1, 0.15) is 27.2 Å². The zero-order chi connectivity index (χ0) is 23.4. The van der Waals surface area contributed by atoms with Crippen LogP contribution in [-0.4, -0.2) is 39.4 Å². The average Bonchev–Trinajstić information content (AvgIpc) is 2.90. The lowest BCUT2D eigenvalue weighted by atomic mass is 10.1. The molecule has 33 heavy (non-hydrogen) atoms. The highest BCUT2D eigenvalue weighted by molar-refractivity contribution is 7.81. The number of aromatic nitrogens is 1. The number of carbonyl (C=O) groups excluding carboxylic acids is 3. The summed E-state index contributed by atoms with van der Waals surface area (Å²) in [6.45, 7) is 2.15. The number of nitrogens with one attached hydrogen (secondary N) is 2. The second-order valence-corrected chi connectivity index (χ2v) is 8.23. The molecule has 2 N–H and O–H groups in total. The first-order valence-corrected chi connectivity index (χ1v) is 11.2. The van der Waals surface area contributed by atoms with Crippen LogP contribution in [0.15, 0.2) is 66.9 Å². The molecule has 3 aromatic rings. The Morgan fingerprint density at radius 2 is 1.91 bits per heavy atom. The largest absolute Gasteiger partial charge is 0.325 e. The monoisotopic (exact) mass is 460 g/mol. The van der Waals surface area contributed by atoms with Gasteiger partial charge in [0.2, 0.25) is 11.8 Å². The Morgan fingerprint density at radius 3 is 2.61 bits per heavy atom. The van der Waals surface area contributed by atoms with Crippen molar-refractivity contribution in [2.75, 3.05) is 16.4 Å². The minimum atomic E-state index is -0.733. The van der Waals surface area contributed by atoms with Crippen LogP contribution in [0.2, 0.25) is 0 Å². The number of nitrogens with zero attached hydrogens (tertiary/aromatic N) is 2. The molecular formula is C25H24N4O3S. The van der Waals surface area contributed by atoms with Crippen molar-refractivity contribution in [1.82, 2.24) is 9.88 Å². The first-order valence-electron chi connectivity index (χ1n) is 10.6. The third kappa shape index (κ3) is 5.23. The first kappa shape index (κ1) is 22.5. The average molecular weight is 461 g/mol. The Kier molecular flexibility index (Phi) is 6.74. The van der Waals surface area contributed by atoms with E-state index in [-0.39, 0.29) is 30.0 Å². The molecule has 4 rings (SSSR count). The lowest BCUT2D eigenvalue weighted by molar-refractivity contribution is -0.120. The van der Waals surface area contributed by atoms with Crippen molar-refractivity contribution >= 4 is 41.7 Å². The Labute approximate surface area is 197 Å². The van der Waals surface area contributed by atoms with Crippen molar-refractivity contribution in [2.24, 2.45) is 0 Å². The van der Waals surface area contributed by atoms with Crippen LogP contribution in [0.25, 0.3) is 0 Å². The van der Waals surface area contributed by atoms with E-state index in [1.54, 1.807) is 29.3 Å². The maximum atomic E-state index is 13.6. The Balaban J connectivity index is 1.67. The van der Waals surface area contributed by atoms with Crippen molar-refractivity contribution in [3.8, 4) is 0 Å². The smallest absolute Gasteiger partial charge is 0.256 e. The van der Waals surface area contributed by atoms with Gasteiger partial charge in [-0.1, -0.05) is 24.3 Å². The summed E-state index contributed by atoms with van der Waals surface area (Å²) in [6.07, 6.45) is 1.97.